The molecule has 0 radical (unpaired) electrons. The molecule has 198 valence electrons. The second kappa shape index (κ2) is 11.0. The van der Waals surface area contributed by atoms with Gasteiger partial charge in [0.05, 0.1) is 35.4 Å². The third-order valence-electron chi connectivity index (χ3n) is 6.46. The van der Waals surface area contributed by atoms with E-state index in [1.54, 1.807) is 19.1 Å². The molecule has 1 fully saturated rings. The van der Waals surface area contributed by atoms with Crippen LogP contribution >= 0.6 is 23.2 Å². The summed E-state index contributed by atoms with van der Waals surface area (Å²) in [4.78, 5) is 28.3. The van der Waals surface area contributed by atoms with Gasteiger partial charge in [-0.15, -0.1) is 0 Å². The quantitative estimate of drug-likeness (QED) is 0.200. The maximum absolute atomic E-state index is 13.4. The Balaban J connectivity index is 1.93. The summed E-state index contributed by atoms with van der Waals surface area (Å²) < 4.78 is 10.7. The average Bonchev–Trinajstić information content (AvgIpc) is 3.12. The Morgan fingerprint density at radius 1 is 1.03 bits per heavy atom. The van der Waals surface area contributed by atoms with Gasteiger partial charge in [0.25, 0.3) is 11.7 Å². The number of rotatable bonds is 7. The van der Waals surface area contributed by atoms with Gasteiger partial charge < -0.3 is 24.6 Å². The average molecular weight is 556 g/mol. The lowest BCUT2D eigenvalue weighted by atomic mass is 9.94. The number of amides is 1. The zero-order valence-electron chi connectivity index (χ0n) is 21.3. The minimum absolute atomic E-state index is 0.0872. The predicted molar refractivity (Wildman–Crippen MR) is 146 cm³/mol. The van der Waals surface area contributed by atoms with Crippen LogP contribution in [0.15, 0.2) is 54.1 Å². The number of aliphatic hydroxyl groups excluding tert-OH is 1. The van der Waals surface area contributed by atoms with Gasteiger partial charge in [-0.2, -0.15) is 0 Å². The molecule has 3 aromatic carbocycles. The van der Waals surface area contributed by atoms with Crippen LogP contribution in [0.3, 0.4) is 0 Å². The molecule has 2 N–H and O–H groups in total. The van der Waals surface area contributed by atoms with Crippen LogP contribution < -0.4 is 9.47 Å². The first-order chi connectivity index (χ1) is 18.1. The third-order valence-corrected chi connectivity index (χ3v) is 7.02. The molecule has 1 amide bonds. The van der Waals surface area contributed by atoms with Crippen LogP contribution in [0.5, 0.6) is 17.2 Å². The van der Waals surface area contributed by atoms with E-state index in [9.17, 15) is 19.8 Å². The number of Topliss-reactive ketones (excluding diaryl/α,β-unsaturated/α-hetero) is 1. The number of nitrogens with zero attached hydrogens (tertiary/aromatic N) is 1. The molecule has 1 aliphatic heterocycles. The summed E-state index contributed by atoms with van der Waals surface area (Å²) in [6.45, 7) is 6.06. The van der Waals surface area contributed by atoms with E-state index in [-0.39, 0.29) is 45.0 Å². The summed E-state index contributed by atoms with van der Waals surface area (Å²) in [5, 5.41) is 21.9. The lowest BCUT2D eigenvalue weighted by molar-refractivity contribution is -0.140. The van der Waals surface area contributed by atoms with E-state index in [1.807, 2.05) is 32.0 Å². The Morgan fingerprint density at radius 2 is 1.71 bits per heavy atom. The van der Waals surface area contributed by atoms with Crippen molar-refractivity contribution in [1.82, 2.24) is 4.90 Å². The maximum Gasteiger partial charge on any atom is 0.295 e. The summed E-state index contributed by atoms with van der Waals surface area (Å²) in [7, 11) is 1.41. The number of aliphatic hydroxyl groups is 1. The van der Waals surface area contributed by atoms with Crippen molar-refractivity contribution in [2.75, 3.05) is 13.7 Å². The van der Waals surface area contributed by atoms with Crippen molar-refractivity contribution in [3.8, 4) is 17.2 Å². The number of methoxy groups -OCH3 is 1. The standard InChI is InChI=1S/C29H27Cl2NO6/c1-5-38-23-13-17(8-9-22(23)33)25-24(26(34)18-11-20(30)28(37-4)21(31)12-18)27(35)29(36)32(25)14-19-10-15(2)6-7-16(19)3/h6-13,25,33-34H,5,14H2,1-4H3/b26-24+. The molecule has 0 bridgehead atoms. The minimum Gasteiger partial charge on any atom is -0.507 e. The van der Waals surface area contributed by atoms with Crippen LogP contribution in [0, 0.1) is 13.8 Å². The second-order valence-corrected chi connectivity index (χ2v) is 9.80. The number of likely N-dealkylation sites (tertiary alicyclic amines) is 1. The van der Waals surface area contributed by atoms with Gasteiger partial charge in [-0.3, -0.25) is 9.59 Å². The number of aryl methyl sites for hydroxylation is 2. The fourth-order valence-electron chi connectivity index (χ4n) is 4.56. The first-order valence-electron chi connectivity index (χ1n) is 11.9. The summed E-state index contributed by atoms with van der Waals surface area (Å²) >= 11 is 12.6. The smallest absolute Gasteiger partial charge is 0.295 e. The van der Waals surface area contributed by atoms with Gasteiger partial charge in [0.15, 0.2) is 17.2 Å². The number of phenolic OH excluding ortho intramolecular Hbond substituents is 1. The van der Waals surface area contributed by atoms with Gasteiger partial charge in [0.2, 0.25) is 0 Å². The SMILES string of the molecule is CCOc1cc(C2/C(=C(\O)c3cc(Cl)c(OC)c(Cl)c3)C(=O)C(=O)N2Cc2cc(C)ccc2C)ccc1O. The molecular formula is C29H27Cl2NO6. The van der Waals surface area contributed by atoms with E-state index >= 15 is 0 Å². The molecule has 1 heterocycles. The molecule has 0 spiro atoms. The lowest BCUT2D eigenvalue weighted by Gasteiger charge is -2.27. The van der Waals surface area contributed by atoms with Gasteiger partial charge >= 0.3 is 0 Å². The van der Waals surface area contributed by atoms with E-state index in [0.717, 1.165) is 16.7 Å². The largest absolute Gasteiger partial charge is 0.507 e. The molecule has 38 heavy (non-hydrogen) atoms. The van der Waals surface area contributed by atoms with Crippen molar-refractivity contribution in [2.45, 2.75) is 33.4 Å². The maximum atomic E-state index is 13.4. The zero-order valence-corrected chi connectivity index (χ0v) is 22.9. The number of halogens is 2. The highest BCUT2D eigenvalue weighted by Crippen LogP contribution is 2.44. The number of benzene rings is 3. The Bertz CT molecular complexity index is 1440. The number of ether oxygens (including phenoxy) is 2. The van der Waals surface area contributed by atoms with E-state index < -0.39 is 23.5 Å². The van der Waals surface area contributed by atoms with E-state index in [2.05, 4.69) is 0 Å². The Labute approximate surface area is 230 Å². The van der Waals surface area contributed by atoms with Gasteiger partial charge in [-0.05, 0) is 61.7 Å². The second-order valence-electron chi connectivity index (χ2n) is 8.99. The van der Waals surface area contributed by atoms with E-state index in [1.165, 1.54) is 30.2 Å². The molecule has 1 atom stereocenters. The molecule has 4 rings (SSSR count). The molecule has 9 heteroatoms. The summed E-state index contributed by atoms with van der Waals surface area (Å²) in [6, 6.07) is 12.3. The van der Waals surface area contributed by atoms with Crippen molar-refractivity contribution < 1.29 is 29.3 Å². The lowest BCUT2D eigenvalue weighted by Crippen LogP contribution is -2.29. The molecular weight excluding hydrogens is 529 g/mol. The van der Waals surface area contributed by atoms with Crippen molar-refractivity contribution >= 4 is 40.7 Å². The molecule has 3 aromatic rings. The summed E-state index contributed by atoms with van der Waals surface area (Å²) in [5.74, 6) is -1.74. The number of phenols is 1. The highest BCUT2D eigenvalue weighted by molar-refractivity contribution is 6.46. The first-order valence-corrected chi connectivity index (χ1v) is 12.7. The fourth-order valence-corrected chi connectivity index (χ4v) is 5.20. The number of ketones is 1. The fraction of sp³-hybridized carbons (Fsp3) is 0.241. The normalized spacial score (nSPS) is 16.7. The first kappa shape index (κ1) is 27.4. The number of aromatic hydroxyl groups is 1. The van der Waals surface area contributed by atoms with Crippen LogP contribution in [-0.2, 0) is 16.1 Å². The molecule has 0 saturated carbocycles. The molecule has 0 aliphatic carbocycles. The van der Waals surface area contributed by atoms with Crippen LogP contribution in [0.4, 0.5) is 0 Å². The van der Waals surface area contributed by atoms with Crippen LogP contribution in [0.2, 0.25) is 10.0 Å². The number of hydrogen-bond acceptors (Lipinski definition) is 6. The number of carbonyl (C=O) groups excluding carboxylic acids is 2. The number of hydrogen-bond donors (Lipinski definition) is 2. The van der Waals surface area contributed by atoms with Crippen molar-refractivity contribution in [3.63, 3.8) is 0 Å². The molecule has 1 aliphatic rings. The highest BCUT2D eigenvalue weighted by atomic mass is 35.5. The number of carbonyl (C=O) groups is 2. The summed E-state index contributed by atoms with van der Waals surface area (Å²) in [6.07, 6.45) is 0. The topological polar surface area (TPSA) is 96.3 Å². The monoisotopic (exact) mass is 555 g/mol. The van der Waals surface area contributed by atoms with Crippen LogP contribution in [0.1, 0.15) is 40.8 Å². The Kier molecular flexibility index (Phi) is 7.90. The Hall–Kier alpha value is -3.68. The summed E-state index contributed by atoms with van der Waals surface area (Å²) in [5.41, 5.74) is 3.31. The van der Waals surface area contributed by atoms with Gasteiger partial charge in [-0.25, -0.2) is 0 Å². The minimum atomic E-state index is -0.977. The highest BCUT2D eigenvalue weighted by Gasteiger charge is 2.46. The van der Waals surface area contributed by atoms with Crippen molar-refractivity contribution in [2.24, 2.45) is 0 Å². The van der Waals surface area contributed by atoms with E-state index in [0.29, 0.717) is 12.2 Å². The Morgan fingerprint density at radius 3 is 2.34 bits per heavy atom. The van der Waals surface area contributed by atoms with E-state index in [4.69, 9.17) is 32.7 Å². The van der Waals surface area contributed by atoms with Gasteiger partial charge in [0, 0.05) is 12.1 Å². The van der Waals surface area contributed by atoms with Crippen LogP contribution in [-0.4, -0.2) is 40.5 Å². The van der Waals surface area contributed by atoms with Gasteiger partial charge in [-0.1, -0.05) is 53.0 Å². The predicted octanol–water partition coefficient (Wildman–Crippen LogP) is 6.35. The zero-order chi connectivity index (χ0) is 27.7. The molecule has 7 nitrogen and oxygen atoms in total. The molecule has 0 aromatic heterocycles. The van der Waals surface area contributed by atoms with Gasteiger partial charge in [0.1, 0.15) is 5.76 Å². The third kappa shape index (κ3) is 5.04. The van der Waals surface area contributed by atoms with Crippen LogP contribution in [0.25, 0.3) is 5.76 Å². The van der Waals surface area contributed by atoms with Crippen molar-refractivity contribution in [3.05, 3.63) is 92.0 Å². The van der Waals surface area contributed by atoms with Crippen molar-refractivity contribution in [1.29, 1.82) is 0 Å². The molecule has 1 saturated heterocycles. The molecule has 1 unspecified atom stereocenters.